The van der Waals surface area contributed by atoms with Crippen LogP contribution in [0.25, 0.3) is 66.1 Å². The molecule has 0 aliphatic heterocycles. The zero-order valence-electron chi connectivity index (χ0n) is 47.1. The van der Waals surface area contributed by atoms with Gasteiger partial charge in [0.25, 0.3) is 0 Å². The van der Waals surface area contributed by atoms with E-state index in [1.807, 2.05) is 111 Å². The minimum atomic E-state index is 0.299. The minimum absolute atomic E-state index is 0.299. The first-order valence-corrected chi connectivity index (χ1v) is 30.8. The highest BCUT2D eigenvalue weighted by molar-refractivity contribution is 5.83. The van der Waals surface area contributed by atoms with E-state index in [2.05, 4.69) is 77.8 Å². The second-order valence-corrected chi connectivity index (χ2v) is 25.2. The second-order valence-electron chi connectivity index (χ2n) is 25.2. The molecule has 4 aliphatic carbocycles. The Bertz CT molecular complexity index is 3910. The Kier molecular flexibility index (Phi) is 13.3. The van der Waals surface area contributed by atoms with Crippen molar-refractivity contribution in [2.75, 3.05) is 0 Å². The molecule has 12 heterocycles. The highest BCUT2D eigenvalue weighted by Crippen LogP contribution is 2.59. The molecule has 84 heavy (non-hydrogen) atoms. The van der Waals surface area contributed by atoms with E-state index in [4.69, 9.17) is 54.8 Å². The number of nitrogens with zero attached hydrogens (tertiary/aromatic N) is 12. The summed E-state index contributed by atoms with van der Waals surface area (Å²) in [6.45, 7) is 0. The van der Waals surface area contributed by atoms with E-state index in [0.29, 0.717) is 71.0 Å². The second kappa shape index (κ2) is 21.8. The molecule has 0 aromatic carbocycles. The summed E-state index contributed by atoms with van der Waals surface area (Å²) in [6.07, 6.45) is 39.2. The average molecular weight is 1100 g/mol. The predicted octanol–water partition coefficient (Wildman–Crippen LogP) is 15.8. The number of aromatic nitrogens is 12. The summed E-state index contributed by atoms with van der Waals surface area (Å²) in [4.78, 5) is 59.2. The third kappa shape index (κ3) is 9.47. The van der Waals surface area contributed by atoms with Gasteiger partial charge in [-0.1, -0.05) is 0 Å². The maximum Gasteiger partial charge on any atom is 0.0921 e. The lowest BCUT2D eigenvalue weighted by Gasteiger charge is -2.49. The van der Waals surface area contributed by atoms with Gasteiger partial charge in [-0.15, -0.1) is 0 Å². The van der Waals surface area contributed by atoms with Gasteiger partial charge in [0, 0.05) is 85.9 Å². The molecule has 0 bridgehead atoms. The van der Waals surface area contributed by atoms with E-state index in [0.717, 1.165) is 125 Å². The lowest BCUT2D eigenvalue weighted by Crippen LogP contribution is -2.38. The summed E-state index contributed by atoms with van der Waals surface area (Å²) in [5.41, 5.74) is 19.1. The summed E-state index contributed by atoms with van der Waals surface area (Å²) in [5.74, 6) is 4.71. The van der Waals surface area contributed by atoms with Crippen LogP contribution in [-0.2, 0) is 0 Å². The molecule has 414 valence electrons. The molecule has 0 saturated heterocycles. The molecule has 4 aliphatic rings. The van der Waals surface area contributed by atoms with Gasteiger partial charge in [0.2, 0.25) is 0 Å². The highest BCUT2D eigenvalue weighted by Gasteiger charge is 2.47. The molecule has 12 heteroatoms. The minimum Gasteiger partial charge on any atom is -0.264 e. The fourth-order valence-electron chi connectivity index (χ4n) is 17.4. The van der Waals surface area contributed by atoms with Crippen LogP contribution in [0.15, 0.2) is 184 Å². The summed E-state index contributed by atoms with van der Waals surface area (Å²) >= 11 is 0. The number of rotatable bonds is 9. The highest BCUT2D eigenvalue weighted by atomic mass is 14.8. The molecule has 16 rings (SSSR count). The van der Waals surface area contributed by atoms with E-state index in [-0.39, 0.29) is 0 Å². The molecule has 4 saturated carbocycles. The molecule has 12 nitrogen and oxygen atoms in total. The molecule has 0 N–H and O–H groups in total. The lowest BCUT2D eigenvalue weighted by atomic mass is 9.55. The smallest absolute Gasteiger partial charge is 0.0921 e. The van der Waals surface area contributed by atoms with Gasteiger partial charge < -0.3 is 0 Å². The van der Waals surface area contributed by atoms with E-state index in [1.165, 1.54) is 51.6 Å². The van der Waals surface area contributed by atoms with Crippen LogP contribution >= 0.6 is 0 Å². The van der Waals surface area contributed by atoms with Crippen molar-refractivity contribution < 1.29 is 0 Å². The van der Waals surface area contributed by atoms with Crippen molar-refractivity contribution >= 4 is 66.1 Å². The zero-order valence-corrected chi connectivity index (χ0v) is 47.1. The van der Waals surface area contributed by atoms with E-state index >= 15 is 0 Å². The molecule has 11 atom stereocenters. The summed E-state index contributed by atoms with van der Waals surface area (Å²) in [6, 6.07) is 36.6. The predicted molar refractivity (Wildman–Crippen MR) is 330 cm³/mol. The Hall–Kier alpha value is -8.64. The van der Waals surface area contributed by atoms with E-state index < -0.39 is 0 Å². The van der Waals surface area contributed by atoms with Crippen molar-refractivity contribution in [2.24, 2.45) is 35.5 Å². The first kappa shape index (κ1) is 51.0. The zero-order chi connectivity index (χ0) is 55.5. The van der Waals surface area contributed by atoms with Gasteiger partial charge in [-0.3, -0.25) is 59.8 Å². The topological polar surface area (TPSA) is 155 Å². The van der Waals surface area contributed by atoms with Crippen molar-refractivity contribution in [3.63, 3.8) is 0 Å². The Morgan fingerprint density at radius 3 is 0.798 bits per heavy atom. The van der Waals surface area contributed by atoms with Gasteiger partial charge >= 0.3 is 0 Å². The van der Waals surface area contributed by atoms with E-state index in [9.17, 15) is 0 Å². The molecule has 0 radical (unpaired) electrons. The fraction of sp³-hybridized carbons (Fsp3) is 0.333. The van der Waals surface area contributed by atoms with Crippen molar-refractivity contribution in [1.82, 2.24) is 59.8 Å². The van der Waals surface area contributed by atoms with Crippen LogP contribution in [0, 0.1) is 35.5 Å². The standard InChI is InChI=1S/C72H66N12/c1-6-63-68(80-18-1)56(12-25-75-63)50-33-43(30-45(35-50)47-32-49(55-11-24-74-62-17-23-73-42-61(55)62)40-52(37-47)58-14-27-77-65-8-3-20-82-70(58)65)44-31-46(36-51(34-44)57-13-26-76-64-7-2-19-81-69(57)64)48-38-53(59-15-28-78-66-9-4-21-83-71(59)66)41-54(39-48)60-16-29-79-67-10-5-22-84-72(60)67/h1-29,42-54H,30-41H2. The Labute approximate surface area is 488 Å². The molecule has 0 spiro atoms. The molecular weight excluding hydrogens is 1030 g/mol. The summed E-state index contributed by atoms with van der Waals surface area (Å²) in [7, 11) is 0. The largest absolute Gasteiger partial charge is 0.264 e. The maximum absolute atomic E-state index is 5.13. The Morgan fingerprint density at radius 1 is 0.214 bits per heavy atom. The van der Waals surface area contributed by atoms with Crippen LogP contribution < -0.4 is 0 Å². The molecule has 4 fully saturated rings. The van der Waals surface area contributed by atoms with Gasteiger partial charge in [0.05, 0.1) is 60.7 Å². The van der Waals surface area contributed by atoms with Crippen LogP contribution in [0.4, 0.5) is 0 Å². The SMILES string of the molecule is c1cnc2c(C3CC(c4ccnc5ccncc45)CC(C4CC(c5ccnc6cccnc56)CC(C5CC(c6ccnc7cccnc67)CC(C6CC(c7ccnc8cccnc78)CC(c7ccnc8cccnc78)C6)C5)C4)C3)ccnc2c1. The lowest BCUT2D eigenvalue weighted by molar-refractivity contribution is 0.0538. The first-order valence-electron chi connectivity index (χ1n) is 30.8. The van der Waals surface area contributed by atoms with Crippen LogP contribution in [-0.4, -0.2) is 59.8 Å². The Balaban J connectivity index is 0.815. The number of pyridine rings is 12. The van der Waals surface area contributed by atoms with Crippen LogP contribution in [0.3, 0.4) is 0 Å². The third-order valence-electron chi connectivity index (χ3n) is 20.9. The van der Waals surface area contributed by atoms with Crippen molar-refractivity contribution in [3.05, 3.63) is 217 Å². The quantitative estimate of drug-likeness (QED) is 0.135. The molecule has 0 amide bonds. The first-order chi connectivity index (χ1) is 41.6. The normalized spacial score (nSPS) is 26.7. The van der Waals surface area contributed by atoms with Gasteiger partial charge in [0.1, 0.15) is 0 Å². The molecule has 11 unspecified atom stereocenters. The van der Waals surface area contributed by atoms with E-state index in [1.54, 1.807) is 0 Å². The van der Waals surface area contributed by atoms with Gasteiger partial charge in [0.15, 0.2) is 0 Å². The molecule has 12 aromatic rings. The van der Waals surface area contributed by atoms with Crippen LogP contribution in [0.1, 0.15) is 146 Å². The van der Waals surface area contributed by atoms with Crippen LogP contribution in [0.2, 0.25) is 0 Å². The number of hydrogen-bond donors (Lipinski definition) is 0. The fourth-order valence-corrected chi connectivity index (χ4v) is 17.4. The molecule has 12 aromatic heterocycles. The average Bonchev–Trinajstić information content (AvgIpc) is 2.22. The van der Waals surface area contributed by atoms with Crippen LogP contribution in [0.5, 0.6) is 0 Å². The van der Waals surface area contributed by atoms with Crippen molar-refractivity contribution in [1.29, 1.82) is 0 Å². The molecular formula is C72H66N12. The number of hydrogen-bond acceptors (Lipinski definition) is 12. The van der Waals surface area contributed by atoms with Crippen molar-refractivity contribution in [3.8, 4) is 0 Å². The van der Waals surface area contributed by atoms with Gasteiger partial charge in [-0.25, -0.2) is 0 Å². The maximum atomic E-state index is 5.13. The number of fused-ring (bicyclic) bond motifs is 6. The van der Waals surface area contributed by atoms with Gasteiger partial charge in [-0.05, 0) is 285 Å². The van der Waals surface area contributed by atoms with Crippen molar-refractivity contribution in [2.45, 2.75) is 113 Å². The third-order valence-corrected chi connectivity index (χ3v) is 20.9. The summed E-state index contributed by atoms with van der Waals surface area (Å²) < 4.78 is 0. The Morgan fingerprint density at radius 2 is 0.476 bits per heavy atom. The van der Waals surface area contributed by atoms with Gasteiger partial charge in [-0.2, -0.15) is 0 Å². The monoisotopic (exact) mass is 1100 g/mol. The summed E-state index contributed by atoms with van der Waals surface area (Å²) in [5, 5.41) is 1.17.